The topological polar surface area (TPSA) is 105 Å². The van der Waals surface area contributed by atoms with Crippen molar-refractivity contribution in [2.45, 2.75) is 321 Å². The minimum absolute atomic E-state index is 0.0531. The summed E-state index contributed by atoms with van der Waals surface area (Å²) in [5.41, 5.74) is 0. The second kappa shape index (κ2) is 57.9. The van der Waals surface area contributed by atoms with E-state index >= 15 is 0 Å². The number of carbonyl (C=O) groups is 1. The van der Waals surface area contributed by atoms with Gasteiger partial charge in [-0.2, -0.15) is 0 Å². The standard InChI is InChI=1S/C67H127N2O6P/c1-6-8-10-12-14-16-18-20-22-24-26-28-30-32-33-34-35-37-39-41-43-45-47-49-51-53-55-57-59-61-67(71)68-65(64-75-76(72,73)74-63-62-69(3,4)5)66(70)60-58-56-54-52-50-48-46-44-42-40-38-36-31-29-27-25-23-21-19-17-15-13-11-9-7-2/h18,20,24,26,42,44,50,52,58,60,65-66,70H,6-17,19,21-23,25,27-41,43,45-49,51,53-57,59,61-64H2,1-5H3,(H-,68,71,72,73)/p+1/b20-18-,26-24-,44-42+,52-50+,60-58+. The minimum Gasteiger partial charge on any atom is -0.387 e. The first-order chi connectivity index (χ1) is 37.0. The molecule has 0 radical (unpaired) electrons. The predicted octanol–water partition coefficient (Wildman–Crippen LogP) is 20.4. The van der Waals surface area contributed by atoms with Gasteiger partial charge in [0.1, 0.15) is 13.2 Å². The Hall–Kier alpha value is -1.80. The van der Waals surface area contributed by atoms with E-state index in [1.807, 2.05) is 27.2 Å². The van der Waals surface area contributed by atoms with Gasteiger partial charge in [-0.15, -0.1) is 0 Å². The average Bonchev–Trinajstić information content (AvgIpc) is 3.38. The molecule has 0 heterocycles. The Labute approximate surface area is 472 Å². The molecule has 3 atom stereocenters. The molecule has 0 aliphatic heterocycles. The van der Waals surface area contributed by atoms with Gasteiger partial charge in [0.2, 0.25) is 5.91 Å². The molecular weight excluding hydrogens is 960 g/mol. The number of likely N-dealkylation sites (N-methyl/N-ethyl adjacent to an activating group) is 1. The molecule has 9 heteroatoms. The predicted molar refractivity (Wildman–Crippen MR) is 332 cm³/mol. The molecule has 0 aromatic carbocycles. The summed E-state index contributed by atoms with van der Waals surface area (Å²) in [6, 6.07) is -0.872. The number of aliphatic hydroxyl groups excluding tert-OH is 1. The molecule has 0 aromatic rings. The maximum atomic E-state index is 13.0. The molecule has 446 valence electrons. The molecule has 0 saturated carbocycles. The molecule has 0 rings (SSSR count). The SMILES string of the molecule is CCCCCCC/C=C\C/C=C\CCCCCCCCCCCCCCCCCCCC(=O)NC(COP(=O)(O)OCC[N+](C)(C)C)C(O)/C=C/CC/C=C/CC/C=C/CCCCCCCCCCCCCCCCC. The van der Waals surface area contributed by atoms with Crippen molar-refractivity contribution in [2.75, 3.05) is 40.9 Å². The molecule has 0 aliphatic rings. The van der Waals surface area contributed by atoms with E-state index in [1.54, 1.807) is 6.08 Å². The fraction of sp³-hybridized carbons (Fsp3) is 0.836. The number of nitrogens with zero attached hydrogens (tertiary/aromatic N) is 1. The van der Waals surface area contributed by atoms with E-state index in [0.29, 0.717) is 17.4 Å². The van der Waals surface area contributed by atoms with Crippen LogP contribution in [0.25, 0.3) is 0 Å². The van der Waals surface area contributed by atoms with Crippen LogP contribution >= 0.6 is 7.82 Å². The third-order valence-corrected chi connectivity index (χ3v) is 15.7. The molecule has 1 amide bonds. The zero-order valence-corrected chi connectivity index (χ0v) is 51.9. The summed E-state index contributed by atoms with van der Waals surface area (Å²) in [6.07, 6.45) is 79.3. The molecule has 0 aliphatic carbocycles. The summed E-state index contributed by atoms with van der Waals surface area (Å²) in [7, 11) is 1.55. The van der Waals surface area contributed by atoms with Gasteiger partial charge in [0.25, 0.3) is 0 Å². The third kappa shape index (κ3) is 59.9. The van der Waals surface area contributed by atoms with Gasteiger partial charge < -0.3 is 19.8 Å². The largest absolute Gasteiger partial charge is 0.472 e. The Balaban J connectivity index is 4.17. The summed E-state index contributed by atoms with van der Waals surface area (Å²) in [4.78, 5) is 23.4. The molecular formula is C67H128N2O6P+. The van der Waals surface area contributed by atoms with Crippen molar-refractivity contribution >= 4 is 13.7 Å². The molecule has 3 unspecified atom stereocenters. The zero-order valence-electron chi connectivity index (χ0n) is 51.0. The number of quaternary nitrogens is 1. The molecule has 76 heavy (non-hydrogen) atoms. The highest BCUT2D eigenvalue weighted by atomic mass is 31.2. The van der Waals surface area contributed by atoms with Crippen LogP contribution in [0.4, 0.5) is 0 Å². The fourth-order valence-electron chi connectivity index (χ4n) is 9.58. The number of rotatable bonds is 60. The van der Waals surface area contributed by atoms with Gasteiger partial charge in [-0.1, -0.05) is 286 Å². The van der Waals surface area contributed by atoms with Gasteiger partial charge in [0.05, 0.1) is 39.9 Å². The van der Waals surface area contributed by atoms with Crippen LogP contribution in [0.15, 0.2) is 60.8 Å². The number of hydrogen-bond acceptors (Lipinski definition) is 5. The van der Waals surface area contributed by atoms with Gasteiger partial charge in [0, 0.05) is 6.42 Å². The van der Waals surface area contributed by atoms with E-state index in [-0.39, 0.29) is 19.1 Å². The Morgan fingerprint density at radius 2 is 0.763 bits per heavy atom. The van der Waals surface area contributed by atoms with E-state index < -0.39 is 20.0 Å². The number of nitrogens with one attached hydrogen (secondary N) is 1. The van der Waals surface area contributed by atoms with Crippen LogP contribution in [0.5, 0.6) is 0 Å². The maximum Gasteiger partial charge on any atom is 0.472 e. The van der Waals surface area contributed by atoms with Crippen molar-refractivity contribution in [3.8, 4) is 0 Å². The summed E-state index contributed by atoms with van der Waals surface area (Å²) >= 11 is 0. The summed E-state index contributed by atoms with van der Waals surface area (Å²) < 4.78 is 23.8. The van der Waals surface area contributed by atoms with Crippen molar-refractivity contribution in [2.24, 2.45) is 0 Å². The Kier molecular flexibility index (Phi) is 56.5. The smallest absolute Gasteiger partial charge is 0.387 e. The number of carbonyl (C=O) groups excluding carboxylic acids is 1. The van der Waals surface area contributed by atoms with Gasteiger partial charge >= 0.3 is 7.82 Å². The van der Waals surface area contributed by atoms with Crippen LogP contribution in [-0.2, 0) is 18.4 Å². The second-order valence-corrected chi connectivity index (χ2v) is 24.9. The highest BCUT2D eigenvalue weighted by molar-refractivity contribution is 7.47. The molecule has 0 aromatic heterocycles. The number of phosphoric acid groups is 1. The van der Waals surface area contributed by atoms with Crippen molar-refractivity contribution in [1.82, 2.24) is 5.32 Å². The number of amides is 1. The number of hydrogen-bond donors (Lipinski definition) is 3. The number of allylic oxidation sites excluding steroid dienone is 9. The van der Waals surface area contributed by atoms with Gasteiger partial charge in [-0.25, -0.2) is 4.57 Å². The van der Waals surface area contributed by atoms with Crippen molar-refractivity contribution in [3.05, 3.63) is 60.8 Å². The van der Waals surface area contributed by atoms with Crippen LogP contribution in [0.3, 0.4) is 0 Å². The molecule has 0 saturated heterocycles. The number of aliphatic hydroxyl groups is 1. The molecule has 8 nitrogen and oxygen atoms in total. The van der Waals surface area contributed by atoms with Crippen molar-refractivity contribution in [1.29, 1.82) is 0 Å². The second-order valence-electron chi connectivity index (χ2n) is 23.5. The summed E-state index contributed by atoms with van der Waals surface area (Å²) in [5, 5.41) is 14.0. The first kappa shape index (κ1) is 74.2. The maximum absolute atomic E-state index is 13.0. The highest BCUT2D eigenvalue weighted by Gasteiger charge is 2.27. The highest BCUT2D eigenvalue weighted by Crippen LogP contribution is 2.43. The first-order valence-electron chi connectivity index (χ1n) is 32.7. The summed E-state index contributed by atoms with van der Waals surface area (Å²) in [5.74, 6) is -0.188. The van der Waals surface area contributed by atoms with Crippen LogP contribution in [0.1, 0.15) is 309 Å². The first-order valence-corrected chi connectivity index (χ1v) is 34.2. The lowest BCUT2D eigenvalue weighted by molar-refractivity contribution is -0.870. The van der Waals surface area contributed by atoms with Crippen LogP contribution in [0, 0.1) is 0 Å². The Morgan fingerprint density at radius 1 is 0.447 bits per heavy atom. The lowest BCUT2D eigenvalue weighted by Gasteiger charge is -2.25. The number of unbranched alkanes of at least 4 members (excludes halogenated alkanes) is 39. The van der Waals surface area contributed by atoms with E-state index in [2.05, 4.69) is 67.8 Å². The van der Waals surface area contributed by atoms with E-state index in [1.165, 1.54) is 238 Å². The van der Waals surface area contributed by atoms with Crippen LogP contribution < -0.4 is 5.32 Å². The Bertz CT molecular complexity index is 1420. The Morgan fingerprint density at radius 3 is 1.13 bits per heavy atom. The average molecular weight is 1090 g/mol. The van der Waals surface area contributed by atoms with Crippen LogP contribution in [-0.4, -0.2) is 73.4 Å². The summed E-state index contributed by atoms with van der Waals surface area (Å²) in [6.45, 7) is 4.81. The lowest BCUT2D eigenvalue weighted by Crippen LogP contribution is -2.45. The van der Waals surface area contributed by atoms with Gasteiger partial charge in [-0.3, -0.25) is 13.8 Å². The zero-order chi connectivity index (χ0) is 55.6. The minimum atomic E-state index is -4.36. The van der Waals surface area contributed by atoms with Crippen LogP contribution in [0.2, 0.25) is 0 Å². The van der Waals surface area contributed by atoms with E-state index in [9.17, 15) is 19.4 Å². The van der Waals surface area contributed by atoms with Crippen molar-refractivity contribution in [3.63, 3.8) is 0 Å². The van der Waals surface area contributed by atoms with Crippen molar-refractivity contribution < 1.29 is 32.9 Å². The normalized spacial score (nSPS) is 14.1. The van der Waals surface area contributed by atoms with Gasteiger partial charge in [0.15, 0.2) is 0 Å². The molecule has 0 spiro atoms. The molecule has 3 N–H and O–H groups in total. The molecule has 0 fully saturated rings. The van der Waals surface area contributed by atoms with E-state index in [0.717, 1.165) is 51.4 Å². The van der Waals surface area contributed by atoms with E-state index in [4.69, 9.17) is 9.05 Å². The van der Waals surface area contributed by atoms with Gasteiger partial charge in [-0.05, 0) is 77.0 Å². The number of phosphoric ester groups is 1. The third-order valence-electron chi connectivity index (χ3n) is 14.7. The monoisotopic (exact) mass is 1090 g/mol. The lowest BCUT2D eigenvalue weighted by atomic mass is 10.0. The molecule has 0 bridgehead atoms. The quantitative estimate of drug-likeness (QED) is 0.0243. The fourth-order valence-corrected chi connectivity index (χ4v) is 10.3.